The van der Waals surface area contributed by atoms with Gasteiger partial charge in [0, 0.05) is 19.1 Å². The number of nitrogens with zero attached hydrogens (tertiary/aromatic N) is 4. The number of aromatic nitrogens is 5. The highest BCUT2D eigenvalue weighted by Crippen LogP contribution is 2.22. The first-order valence-electron chi connectivity index (χ1n) is 9.30. The van der Waals surface area contributed by atoms with Crippen LogP contribution in [0.5, 0.6) is 0 Å². The van der Waals surface area contributed by atoms with Crippen LogP contribution in [-0.2, 0) is 17.9 Å². The first kappa shape index (κ1) is 19.9. The monoisotopic (exact) mass is 414 g/mol. The van der Waals surface area contributed by atoms with Gasteiger partial charge < -0.3 is 20.1 Å². The van der Waals surface area contributed by atoms with Crippen molar-refractivity contribution < 1.29 is 19.0 Å². The third-order valence-electron chi connectivity index (χ3n) is 4.88. The smallest absolute Gasteiger partial charge is 0.270 e. The Bertz CT molecular complexity index is 1110. The van der Waals surface area contributed by atoms with Crippen molar-refractivity contribution in [2.24, 2.45) is 0 Å². The summed E-state index contributed by atoms with van der Waals surface area (Å²) in [5.74, 6) is -0.852. The molecule has 3 N–H and O–H groups in total. The number of H-pyrrole nitrogens is 1. The number of nitrogens with one attached hydrogen (secondary N) is 2. The molecular formula is C19H19FN6O4. The zero-order valence-electron chi connectivity index (χ0n) is 15.8. The molecule has 2 aromatic heterocycles. The number of amides is 1. The Balaban J connectivity index is 1.60. The van der Waals surface area contributed by atoms with E-state index in [-0.39, 0.29) is 23.7 Å². The minimum absolute atomic E-state index is 0.0233. The number of hydrogen-bond donors (Lipinski definition) is 3. The molecule has 1 amide bonds. The minimum atomic E-state index is -0.632. The Hall–Kier alpha value is -3.44. The Morgan fingerprint density at radius 1 is 1.43 bits per heavy atom. The molecule has 156 valence electrons. The van der Waals surface area contributed by atoms with E-state index < -0.39 is 23.9 Å². The van der Waals surface area contributed by atoms with Gasteiger partial charge >= 0.3 is 0 Å². The van der Waals surface area contributed by atoms with E-state index in [9.17, 15) is 19.1 Å². The zero-order chi connectivity index (χ0) is 21.1. The average Bonchev–Trinajstić information content (AvgIpc) is 3.46. The zero-order valence-corrected chi connectivity index (χ0v) is 15.8. The second kappa shape index (κ2) is 8.51. The van der Waals surface area contributed by atoms with Crippen molar-refractivity contribution in [2.45, 2.75) is 25.5 Å². The Morgan fingerprint density at radius 3 is 3.00 bits per heavy atom. The molecule has 11 heteroatoms. The van der Waals surface area contributed by atoms with E-state index in [1.165, 1.54) is 35.5 Å². The Kier molecular flexibility index (Phi) is 5.63. The van der Waals surface area contributed by atoms with Crippen molar-refractivity contribution >= 4 is 5.91 Å². The van der Waals surface area contributed by atoms with Gasteiger partial charge in [-0.05, 0) is 24.1 Å². The predicted octanol–water partition coefficient (Wildman–Crippen LogP) is 0.416. The van der Waals surface area contributed by atoms with Gasteiger partial charge in [0.05, 0.1) is 24.5 Å². The standard InChI is InChI=1S/C19H19FN6O4/c20-13-2-1-11(15(5-13)26-10-21-9-23-26)6-22-19(29)16-14(7-27)18(28)25-17(24-16)12-3-4-30-8-12/h1-2,5,9-10,12,27H,3-4,6-8H2,(H,22,29)(H,24,25,28). The molecule has 4 rings (SSSR count). The summed E-state index contributed by atoms with van der Waals surface area (Å²) in [6, 6.07) is 4.07. The second-order valence-electron chi connectivity index (χ2n) is 6.79. The van der Waals surface area contributed by atoms with Gasteiger partial charge in [-0.25, -0.2) is 19.0 Å². The molecule has 0 radical (unpaired) electrons. The number of halogens is 1. The lowest BCUT2D eigenvalue weighted by molar-refractivity contribution is 0.0941. The molecule has 1 aliphatic rings. The first-order chi connectivity index (χ1) is 14.6. The van der Waals surface area contributed by atoms with Crippen LogP contribution in [0.25, 0.3) is 5.69 Å². The van der Waals surface area contributed by atoms with Crippen LogP contribution < -0.4 is 10.9 Å². The SMILES string of the molecule is O=C(NCc1ccc(F)cc1-n1cncn1)c1nc(C2CCOC2)[nH]c(=O)c1CO. The summed E-state index contributed by atoms with van der Waals surface area (Å²) in [7, 11) is 0. The molecule has 30 heavy (non-hydrogen) atoms. The number of benzene rings is 1. The van der Waals surface area contributed by atoms with Gasteiger partial charge in [-0.3, -0.25) is 9.59 Å². The lowest BCUT2D eigenvalue weighted by atomic mass is 10.1. The molecule has 0 saturated carbocycles. The van der Waals surface area contributed by atoms with Crippen LogP contribution in [0.3, 0.4) is 0 Å². The number of hydrogen-bond acceptors (Lipinski definition) is 7. The first-order valence-corrected chi connectivity index (χ1v) is 9.30. The van der Waals surface area contributed by atoms with Crippen LogP contribution >= 0.6 is 0 Å². The van der Waals surface area contributed by atoms with Gasteiger partial charge in [-0.15, -0.1) is 0 Å². The number of carbonyl (C=O) groups excluding carboxylic acids is 1. The molecule has 1 saturated heterocycles. The van der Waals surface area contributed by atoms with Crippen LogP contribution in [0.1, 0.15) is 39.8 Å². The number of aliphatic hydroxyl groups excluding tert-OH is 1. The summed E-state index contributed by atoms with van der Waals surface area (Å²) in [5, 5.41) is 16.2. The number of ether oxygens (including phenoxy) is 1. The van der Waals surface area contributed by atoms with E-state index in [1.54, 1.807) is 0 Å². The summed E-state index contributed by atoms with van der Waals surface area (Å²) in [6.45, 7) is 0.343. The van der Waals surface area contributed by atoms with Crippen LogP contribution in [0.4, 0.5) is 4.39 Å². The van der Waals surface area contributed by atoms with Gasteiger partial charge in [0.25, 0.3) is 11.5 Å². The number of rotatable bonds is 6. The number of carbonyl (C=O) groups is 1. The molecule has 1 unspecified atom stereocenters. The van der Waals surface area contributed by atoms with Gasteiger partial charge in [0.15, 0.2) is 0 Å². The van der Waals surface area contributed by atoms with E-state index in [0.717, 1.165) is 0 Å². The fraction of sp³-hybridized carbons (Fsp3) is 0.316. The van der Waals surface area contributed by atoms with Gasteiger partial charge in [0.1, 0.15) is 30.0 Å². The fourth-order valence-corrected chi connectivity index (χ4v) is 3.28. The average molecular weight is 414 g/mol. The summed E-state index contributed by atoms with van der Waals surface area (Å²) < 4.78 is 20.4. The van der Waals surface area contributed by atoms with Gasteiger partial charge in [-0.2, -0.15) is 5.10 Å². The molecular weight excluding hydrogens is 395 g/mol. The Morgan fingerprint density at radius 2 is 2.30 bits per heavy atom. The van der Waals surface area contributed by atoms with Crippen molar-refractivity contribution in [3.05, 3.63) is 69.7 Å². The van der Waals surface area contributed by atoms with E-state index >= 15 is 0 Å². The number of aromatic amines is 1. The molecule has 0 aliphatic carbocycles. The van der Waals surface area contributed by atoms with Gasteiger partial charge in [0.2, 0.25) is 0 Å². The molecule has 3 heterocycles. The molecule has 1 aliphatic heterocycles. The van der Waals surface area contributed by atoms with Gasteiger partial charge in [-0.1, -0.05) is 6.07 Å². The molecule has 1 aromatic carbocycles. The van der Waals surface area contributed by atoms with Crippen molar-refractivity contribution in [2.75, 3.05) is 13.2 Å². The van der Waals surface area contributed by atoms with E-state index in [2.05, 4.69) is 25.4 Å². The van der Waals surface area contributed by atoms with E-state index in [0.29, 0.717) is 36.7 Å². The quantitative estimate of drug-likeness (QED) is 0.532. The maximum atomic E-state index is 13.7. The molecule has 10 nitrogen and oxygen atoms in total. The van der Waals surface area contributed by atoms with E-state index in [4.69, 9.17) is 4.74 Å². The Labute approximate surface area is 169 Å². The normalized spacial score (nSPS) is 16.0. The summed E-state index contributed by atoms with van der Waals surface area (Å²) in [5.41, 5.74) is 0.163. The lowest BCUT2D eigenvalue weighted by Crippen LogP contribution is -2.31. The molecule has 3 aromatic rings. The fourth-order valence-electron chi connectivity index (χ4n) is 3.28. The van der Waals surface area contributed by atoms with Crippen molar-refractivity contribution in [3.63, 3.8) is 0 Å². The maximum Gasteiger partial charge on any atom is 0.270 e. The third kappa shape index (κ3) is 3.98. The topological polar surface area (TPSA) is 135 Å². The molecule has 0 spiro atoms. The predicted molar refractivity (Wildman–Crippen MR) is 101 cm³/mol. The van der Waals surface area contributed by atoms with Crippen LogP contribution in [0, 0.1) is 5.82 Å². The van der Waals surface area contributed by atoms with Crippen LogP contribution in [0.2, 0.25) is 0 Å². The molecule has 1 fully saturated rings. The highest BCUT2D eigenvalue weighted by atomic mass is 19.1. The molecule has 1 atom stereocenters. The van der Waals surface area contributed by atoms with Crippen molar-refractivity contribution in [1.82, 2.24) is 30.0 Å². The largest absolute Gasteiger partial charge is 0.391 e. The van der Waals surface area contributed by atoms with Crippen molar-refractivity contribution in [3.8, 4) is 5.69 Å². The molecule has 0 bridgehead atoms. The summed E-state index contributed by atoms with van der Waals surface area (Å²) >= 11 is 0. The maximum absolute atomic E-state index is 13.7. The highest BCUT2D eigenvalue weighted by Gasteiger charge is 2.24. The van der Waals surface area contributed by atoms with E-state index in [1.807, 2.05) is 0 Å². The van der Waals surface area contributed by atoms with Crippen LogP contribution in [-0.4, -0.2) is 49.0 Å². The summed E-state index contributed by atoms with van der Waals surface area (Å²) in [4.78, 5) is 35.9. The highest BCUT2D eigenvalue weighted by molar-refractivity contribution is 5.93. The third-order valence-corrected chi connectivity index (χ3v) is 4.88. The summed E-state index contributed by atoms with van der Waals surface area (Å²) in [6.07, 6.45) is 3.41. The number of aliphatic hydroxyl groups is 1. The second-order valence-corrected chi connectivity index (χ2v) is 6.79. The van der Waals surface area contributed by atoms with Crippen molar-refractivity contribution in [1.29, 1.82) is 0 Å². The lowest BCUT2D eigenvalue weighted by Gasteiger charge is -2.13. The minimum Gasteiger partial charge on any atom is -0.391 e. The van der Waals surface area contributed by atoms with Crippen LogP contribution in [0.15, 0.2) is 35.6 Å².